The molecule has 1 unspecified atom stereocenters. The first-order chi connectivity index (χ1) is 13.4. The standard InChI is InChI=1S/C19H31N7OS.HI/c1-6-20-18(21-9-14-12-28-17(22-14)19(2,3)4)23-13-7-8-16-24-15(11-27-5)25-26(16)10-13;/h12-13H,6-11H2,1-5H3,(H2,20,21,23);1H. The molecule has 2 N–H and O–H groups in total. The molecule has 0 amide bonds. The van der Waals surface area contributed by atoms with Gasteiger partial charge in [-0.05, 0) is 13.3 Å². The molecule has 1 aliphatic rings. The van der Waals surface area contributed by atoms with E-state index in [1.54, 1.807) is 18.4 Å². The van der Waals surface area contributed by atoms with E-state index < -0.39 is 0 Å². The van der Waals surface area contributed by atoms with E-state index in [2.05, 4.69) is 53.8 Å². The molecule has 1 aliphatic heterocycles. The fourth-order valence-electron chi connectivity index (χ4n) is 3.07. The van der Waals surface area contributed by atoms with Crippen LogP contribution in [-0.4, -0.2) is 45.4 Å². The van der Waals surface area contributed by atoms with Gasteiger partial charge in [-0.3, -0.25) is 0 Å². The van der Waals surface area contributed by atoms with E-state index in [-0.39, 0.29) is 35.4 Å². The third-order valence-corrected chi connectivity index (χ3v) is 5.77. The molecule has 1 atom stereocenters. The van der Waals surface area contributed by atoms with E-state index in [9.17, 15) is 0 Å². The predicted octanol–water partition coefficient (Wildman–Crippen LogP) is 2.87. The van der Waals surface area contributed by atoms with Gasteiger partial charge >= 0.3 is 0 Å². The van der Waals surface area contributed by atoms with Crippen molar-refractivity contribution in [2.45, 2.75) is 71.7 Å². The van der Waals surface area contributed by atoms with E-state index in [1.807, 2.05) is 4.68 Å². The third-order valence-electron chi connectivity index (χ3n) is 4.45. The van der Waals surface area contributed by atoms with Crippen molar-refractivity contribution >= 4 is 41.3 Å². The Bertz CT molecular complexity index is 812. The van der Waals surface area contributed by atoms with Gasteiger partial charge in [0.15, 0.2) is 11.8 Å². The van der Waals surface area contributed by atoms with E-state index in [1.165, 1.54) is 0 Å². The Balaban J connectivity index is 0.00000300. The number of aryl methyl sites for hydroxylation is 1. The first-order valence-corrected chi connectivity index (χ1v) is 10.7. The summed E-state index contributed by atoms with van der Waals surface area (Å²) in [6, 6.07) is 0.267. The lowest BCUT2D eigenvalue weighted by Gasteiger charge is -2.25. The average Bonchev–Trinajstić information content (AvgIpc) is 3.26. The predicted molar refractivity (Wildman–Crippen MR) is 127 cm³/mol. The third kappa shape index (κ3) is 6.61. The number of fused-ring (bicyclic) bond motifs is 1. The van der Waals surface area contributed by atoms with E-state index in [4.69, 9.17) is 14.7 Å². The van der Waals surface area contributed by atoms with E-state index in [0.29, 0.717) is 13.2 Å². The highest BCUT2D eigenvalue weighted by molar-refractivity contribution is 14.0. The Hall–Kier alpha value is -1.27. The summed E-state index contributed by atoms with van der Waals surface area (Å²) in [5, 5.41) is 14.7. The zero-order valence-corrected chi connectivity index (χ0v) is 21.0. The van der Waals surface area contributed by atoms with Crippen LogP contribution >= 0.6 is 35.3 Å². The van der Waals surface area contributed by atoms with Crippen molar-refractivity contribution < 1.29 is 4.74 Å². The van der Waals surface area contributed by atoms with Crippen LogP contribution in [-0.2, 0) is 36.3 Å². The normalized spacial score (nSPS) is 16.9. The minimum Gasteiger partial charge on any atom is -0.377 e. The molecular formula is C19H32IN7OS. The van der Waals surface area contributed by atoms with Gasteiger partial charge < -0.3 is 15.4 Å². The first kappa shape index (κ1) is 24.0. The number of ether oxygens (including phenoxy) is 1. The quantitative estimate of drug-likeness (QED) is 0.337. The van der Waals surface area contributed by atoms with Crippen LogP contribution in [0.2, 0.25) is 0 Å². The largest absolute Gasteiger partial charge is 0.377 e. The first-order valence-electron chi connectivity index (χ1n) is 9.80. The maximum Gasteiger partial charge on any atom is 0.191 e. The van der Waals surface area contributed by atoms with Crippen molar-refractivity contribution in [3.8, 4) is 0 Å². The molecular weight excluding hydrogens is 501 g/mol. The van der Waals surface area contributed by atoms with Crippen molar-refractivity contribution in [1.82, 2.24) is 30.4 Å². The van der Waals surface area contributed by atoms with Crippen LogP contribution in [0, 0.1) is 0 Å². The van der Waals surface area contributed by atoms with Gasteiger partial charge in [-0.25, -0.2) is 19.6 Å². The van der Waals surface area contributed by atoms with Crippen LogP contribution in [0.25, 0.3) is 0 Å². The highest BCUT2D eigenvalue weighted by Gasteiger charge is 2.22. The molecule has 0 spiro atoms. The summed E-state index contributed by atoms with van der Waals surface area (Å²) in [4.78, 5) is 14.0. The monoisotopic (exact) mass is 533 g/mol. The molecule has 0 aliphatic carbocycles. The van der Waals surface area contributed by atoms with Crippen molar-refractivity contribution in [2.75, 3.05) is 13.7 Å². The lowest BCUT2D eigenvalue weighted by atomic mass is 9.98. The lowest BCUT2D eigenvalue weighted by molar-refractivity contribution is 0.177. The van der Waals surface area contributed by atoms with E-state index >= 15 is 0 Å². The highest BCUT2D eigenvalue weighted by atomic mass is 127. The zero-order valence-electron chi connectivity index (χ0n) is 17.9. The Labute approximate surface area is 194 Å². The number of thiazole rings is 1. The second-order valence-corrected chi connectivity index (χ2v) is 8.89. The van der Waals surface area contributed by atoms with Gasteiger partial charge in [0.25, 0.3) is 0 Å². The fourth-order valence-corrected chi connectivity index (χ4v) is 3.96. The van der Waals surface area contributed by atoms with Gasteiger partial charge in [0, 0.05) is 36.9 Å². The van der Waals surface area contributed by atoms with E-state index in [0.717, 1.165) is 54.2 Å². The number of hydrogen-bond donors (Lipinski definition) is 2. The maximum absolute atomic E-state index is 5.14. The molecule has 0 saturated heterocycles. The van der Waals surface area contributed by atoms with Crippen molar-refractivity contribution in [1.29, 1.82) is 0 Å². The molecule has 0 bridgehead atoms. The minimum atomic E-state index is 0. The van der Waals surface area contributed by atoms with Gasteiger partial charge in [0.05, 0.1) is 23.8 Å². The number of nitrogens with one attached hydrogen (secondary N) is 2. The van der Waals surface area contributed by atoms with Crippen LogP contribution in [0.4, 0.5) is 0 Å². The smallest absolute Gasteiger partial charge is 0.191 e. The van der Waals surface area contributed by atoms with Crippen LogP contribution in [0.15, 0.2) is 10.4 Å². The summed E-state index contributed by atoms with van der Waals surface area (Å²) < 4.78 is 7.12. The SMILES string of the molecule is CCNC(=NCc1csc(C(C)(C)C)n1)NC1CCc2nc(COC)nn2C1.I. The van der Waals surface area contributed by atoms with Gasteiger partial charge in [0.1, 0.15) is 12.4 Å². The van der Waals surface area contributed by atoms with Crippen LogP contribution < -0.4 is 10.6 Å². The summed E-state index contributed by atoms with van der Waals surface area (Å²) in [5.74, 6) is 2.60. The minimum absolute atomic E-state index is 0. The molecule has 0 fully saturated rings. The molecule has 3 heterocycles. The summed E-state index contributed by atoms with van der Waals surface area (Å²) in [7, 11) is 1.66. The number of aliphatic imine (C=N–C) groups is 1. The van der Waals surface area contributed by atoms with Crippen LogP contribution in [0.3, 0.4) is 0 Å². The Morgan fingerprint density at radius 2 is 2.17 bits per heavy atom. The topological polar surface area (TPSA) is 89.2 Å². The molecule has 0 aromatic carbocycles. The summed E-state index contributed by atoms with van der Waals surface area (Å²) in [6.07, 6.45) is 1.90. The number of nitrogens with zero attached hydrogens (tertiary/aromatic N) is 5. The molecule has 2 aromatic rings. The molecule has 3 rings (SSSR count). The van der Waals surface area contributed by atoms with Crippen molar-refractivity contribution in [3.63, 3.8) is 0 Å². The second-order valence-electron chi connectivity index (χ2n) is 8.03. The zero-order chi connectivity index (χ0) is 20.1. The molecule has 0 radical (unpaired) electrons. The average molecular weight is 533 g/mol. The molecule has 29 heavy (non-hydrogen) atoms. The highest BCUT2D eigenvalue weighted by Crippen LogP contribution is 2.25. The summed E-state index contributed by atoms with van der Waals surface area (Å²) in [6.45, 7) is 11.2. The molecule has 162 valence electrons. The van der Waals surface area contributed by atoms with Gasteiger partial charge in [-0.15, -0.1) is 35.3 Å². The Kier molecular flexibility index (Phi) is 8.83. The second kappa shape index (κ2) is 10.7. The number of methoxy groups -OCH3 is 1. The van der Waals surface area contributed by atoms with Crippen LogP contribution in [0.5, 0.6) is 0 Å². The molecule has 10 heteroatoms. The summed E-state index contributed by atoms with van der Waals surface area (Å²) >= 11 is 1.71. The number of aromatic nitrogens is 4. The Morgan fingerprint density at radius 1 is 1.38 bits per heavy atom. The van der Waals surface area contributed by atoms with Gasteiger partial charge in [-0.1, -0.05) is 20.8 Å². The number of hydrogen-bond acceptors (Lipinski definition) is 6. The van der Waals surface area contributed by atoms with Gasteiger partial charge in [-0.2, -0.15) is 5.10 Å². The van der Waals surface area contributed by atoms with Crippen molar-refractivity contribution in [2.24, 2.45) is 4.99 Å². The molecule has 8 nitrogen and oxygen atoms in total. The summed E-state index contributed by atoms with van der Waals surface area (Å²) in [5.41, 5.74) is 1.09. The van der Waals surface area contributed by atoms with Crippen LogP contribution in [0.1, 0.15) is 56.5 Å². The van der Waals surface area contributed by atoms with Crippen molar-refractivity contribution in [3.05, 3.63) is 27.7 Å². The number of halogens is 1. The maximum atomic E-state index is 5.14. The lowest BCUT2D eigenvalue weighted by Crippen LogP contribution is -2.47. The fraction of sp³-hybridized carbons (Fsp3) is 0.684. The number of guanidine groups is 1. The Morgan fingerprint density at radius 3 is 2.83 bits per heavy atom. The molecule has 2 aromatic heterocycles. The molecule has 0 saturated carbocycles. The van der Waals surface area contributed by atoms with Gasteiger partial charge in [0.2, 0.25) is 0 Å². The number of rotatable bonds is 6.